The molecule has 0 aliphatic rings. The van der Waals surface area contributed by atoms with Gasteiger partial charge in [0.15, 0.2) is 0 Å². The van der Waals surface area contributed by atoms with Crippen molar-refractivity contribution in [2.45, 2.75) is 13.0 Å². The Balaban J connectivity index is 1.86. The van der Waals surface area contributed by atoms with Crippen molar-refractivity contribution in [1.29, 1.82) is 5.26 Å². The molecule has 2 rings (SSSR count). The Kier molecular flexibility index (Phi) is 4.37. The number of rotatable bonds is 5. The van der Waals surface area contributed by atoms with Crippen LogP contribution in [-0.2, 0) is 6.54 Å². The lowest BCUT2D eigenvalue weighted by atomic mass is 10.2. The largest absolute Gasteiger partial charge is 0.384 e. The maximum Gasteiger partial charge on any atom is 0.101 e. The molecule has 0 spiro atoms. The van der Waals surface area contributed by atoms with E-state index in [1.807, 2.05) is 29.1 Å². The first-order valence-corrected chi connectivity index (χ1v) is 6.50. The predicted octanol–water partition coefficient (Wildman–Crippen LogP) is 3.02. The highest BCUT2D eigenvalue weighted by atomic mass is 79.9. The topological polar surface area (TPSA) is 53.6 Å². The van der Waals surface area contributed by atoms with E-state index in [0.29, 0.717) is 5.56 Å². The van der Waals surface area contributed by atoms with E-state index >= 15 is 0 Å². The van der Waals surface area contributed by atoms with Crippen molar-refractivity contribution in [2.24, 2.45) is 0 Å². The molecule has 0 radical (unpaired) electrons. The molecular formula is C13H13BrN4. The molecule has 0 fully saturated rings. The number of anilines is 1. The van der Waals surface area contributed by atoms with Crippen LogP contribution in [0.5, 0.6) is 0 Å². The number of aryl methyl sites for hydroxylation is 1. The van der Waals surface area contributed by atoms with Crippen LogP contribution in [0, 0.1) is 11.3 Å². The van der Waals surface area contributed by atoms with Gasteiger partial charge in [0.25, 0.3) is 0 Å². The quantitative estimate of drug-likeness (QED) is 0.864. The van der Waals surface area contributed by atoms with Crippen LogP contribution in [0.3, 0.4) is 0 Å². The van der Waals surface area contributed by atoms with Crippen molar-refractivity contribution in [3.05, 3.63) is 46.7 Å². The lowest BCUT2D eigenvalue weighted by molar-refractivity contribution is 0.592. The van der Waals surface area contributed by atoms with Crippen molar-refractivity contribution in [2.75, 3.05) is 11.9 Å². The predicted molar refractivity (Wildman–Crippen MR) is 74.2 cm³/mol. The van der Waals surface area contributed by atoms with Crippen LogP contribution < -0.4 is 5.32 Å². The van der Waals surface area contributed by atoms with Gasteiger partial charge in [-0.2, -0.15) is 10.4 Å². The van der Waals surface area contributed by atoms with Crippen molar-refractivity contribution >= 4 is 21.6 Å². The monoisotopic (exact) mass is 304 g/mol. The molecule has 0 aliphatic heterocycles. The fourth-order valence-corrected chi connectivity index (χ4v) is 2.02. The van der Waals surface area contributed by atoms with Crippen LogP contribution in [0.25, 0.3) is 0 Å². The standard InChI is InChI=1S/C13H13BrN4/c14-12-4-3-11(10-15)13(9-12)16-5-1-7-18-8-2-6-17-18/h2-4,6,8-9,16H,1,5,7H2. The van der Waals surface area contributed by atoms with E-state index in [0.717, 1.165) is 29.7 Å². The van der Waals surface area contributed by atoms with Crippen molar-refractivity contribution in [1.82, 2.24) is 9.78 Å². The third-order valence-electron chi connectivity index (χ3n) is 2.54. The normalized spacial score (nSPS) is 10.0. The van der Waals surface area contributed by atoms with Crippen molar-refractivity contribution in [3.8, 4) is 6.07 Å². The summed E-state index contributed by atoms with van der Waals surface area (Å²) in [6.45, 7) is 1.68. The SMILES string of the molecule is N#Cc1ccc(Br)cc1NCCCn1cccn1. The highest BCUT2D eigenvalue weighted by Gasteiger charge is 2.01. The van der Waals surface area contributed by atoms with Crippen LogP contribution >= 0.6 is 15.9 Å². The van der Waals surface area contributed by atoms with Gasteiger partial charge in [-0.3, -0.25) is 4.68 Å². The highest BCUT2D eigenvalue weighted by molar-refractivity contribution is 9.10. The minimum atomic E-state index is 0.664. The van der Waals surface area contributed by atoms with Gasteiger partial charge in [-0.05, 0) is 30.7 Å². The van der Waals surface area contributed by atoms with Gasteiger partial charge in [0, 0.05) is 30.0 Å². The van der Waals surface area contributed by atoms with E-state index in [1.165, 1.54) is 0 Å². The van der Waals surface area contributed by atoms with E-state index in [4.69, 9.17) is 5.26 Å². The minimum Gasteiger partial charge on any atom is -0.384 e. The van der Waals surface area contributed by atoms with Crippen molar-refractivity contribution < 1.29 is 0 Å². The molecule has 4 nitrogen and oxygen atoms in total. The molecule has 0 aliphatic carbocycles. The Morgan fingerprint density at radius 3 is 3.06 bits per heavy atom. The maximum atomic E-state index is 9.00. The Labute approximate surface area is 114 Å². The molecule has 18 heavy (non-hydrogen) atoms. The number of nitriles is 1. The Bertz CT molecular complexity index is 543. The molecule has 1 N–H and O–H groups in total. The third-order valence-corrected chi connectivity index (χ3v) is 3.03. The fraction of sp³-hybridized carbons (Fsp3) is 0.231. The molecule has 0 saturated heterocycles. The smallest absolute Gasteiger partial charge is 0.101 e. The molecule has 1 aromatic carbocycles. The number of nitrogens with one attached hydrogen (secondary N) is 1. The van der Waals surface area contributed by atoms with E-state index in [9.17, 15) is 0 Å². The second kappa shape index (κ2) is 6.22. The zero-order valence-corrected chi connectivity index (χ0v) is 11.4. The van der Waals surface area contributed by atoms with Gasteiger partial charge in [-0.25, -0.2) is 0 Å². The molecule has 92 valence electrons. The third kappa shape index (κ3) is 3.34. The zero-order valence-electron chi connectivity index (χ0n) is 9.81. The average molecular weight is 305 g/mol. The summed E-state index contributed by atoms with van der Waals surface area (Å²) in [5.41, 5.74) is 1.53. The highest BCUT2D eigenvalue weighted by Crippen LogP contribution is 2.20. The van der Waals surface area contributed by atoms with Gasteiger partial charge >= 0.3 is 0 Å². The maximum absolute atomic E-state index is 9.00. The van der Waals surface area contributed by atoms with Crippen LogP contribution in [0.15, 0.2) is 41.1 Å². The molecule has 0 bridgehead atoms. The summed E-state index contributed by atoms with van der Waals surface area (Å²) in [6.07, 6.45) is 4.67. The summed E-state index contributed by atoms with van der Waals surface area (Å²) in [7, 11) is 0. The van der Waals surface area contributed by atoms with Crippen LogP contribution in [0.1, 0.15) is 12.0 Å². The summed E-state index contributed by atoms with van der Waals surface area (Å²) < 4.78 is 2.87. The first-order chi connectivity index (χ1) is 8.79. The first-order valence-electron chi connectivity index (χ1n) is 5.70. The van der Waals surface area contributed by atoms with Crippen LogP contribution in [0.4, 0.5) is 5.69 Å². The number of halogens is 1. The Hall–Kier alpha value is -1.80. The van der Waals surface area contributed by atoms with Gasteiger partial charge in [0.2, 0.25) is 0 Å². The molecule has 0 atom stereocenters. The number of benzene rings is 1. The summed E-state index contributed by atoms with van der Waals surface area (Å²) in [4.78, 5) is 0. The molecule has 0 amide bonds. The minimum absolute atomic E-state index is 0.664. The summed E-state index contributed by atoms with van der Waals surface area (Å²) >= 11 is 3.40. The molecule has 0 saturated carbocycles. The van der Waals surface area contributed by atoms with Gasteiger partial charge < -0.3 is 5.32 Å². The van der Waals surface area contributed by atoms with Gasteiger partial charge in [-0.15, -0.1) is 0 Å². The summed E-state index contributed by atoms with van der Waals surface area (Å²) in [5.74, 6) is 0. The lowest BCUT2D eigenvalue weighted by Gasteiger charge is -2.08. The number of hydrogen-bond donors (Lipinski definition) is 1. The van der Waals surface area contributed by atoms with E-state index in [1.54, 1.807) is 12.3 Å². The van der Waals surface area contributed by atoms with E-state index < -0.39 is 0 Å². The Morgan fingerprint density at radius 2 is 2.33 bits per heavy atom. The molecule has 1 aromatic heterocycles. The summed E-state index contributed by atoms with van der Waals surface area (Å²) in [5, 5.41) is 16.4. The number of hydrogen-bond acceptors (Lipinski definition) is 3. The second-order valence-electron chi connectivity index (χ2n) is 3.85. The van der Waals surface area contributed by atoms with E-state index in [2.05, 4.69) is 32.4 Å². The summed E-state index contributed by atoms with van der Waals surface area (Å²) in [6, 6.07) is 9.69. The van der Waals surface area contributed by atoms with Crippen LogP contribution in [0.2, 0.25) is 0 Å². The average Bonchev–Trinajstić information content (AvgIpc) is 2.88. The van der Waals surface area contributed by atoms with Crippen LogP contribution in [-0.4, -0.2) is 16.3 Å². The molecule has 0 unspecified atom stereocenters. The Morgan fingerprint density at radius 1 is 1.44 bits per heavy atom. The zero-order chi connectivity index (χ0) is 12.8. The van der Waals surface area contributed by atoms with Gasteiger partial charge in [-0.1, -0.05) is 15.9 Å². The number of aromatic nitrogens is 2. The first kappa shape index (κ1) is 12.7. The number of nitrogens with zero attached hydrogens (tertiary/aromatic N) is 3. The van der Waals surface area contributed by atoms with Gasteiger partial charge in [0.05, 0.1) is 11.3 Å². The molecular weight excluding hydrogens is 292 g/mol. The molecule has 1 heterocycles. The van der Waals surface area contributed by atoms with Gasteiger partial charge in [0.1, 0.15) is 6.07 Å². The molecule has 2 aromatic rings. The van der Waals surface area contributed by atoms with Crippen molar-refractivity contribution in [3.63, 3.8) is 0 Å². The van der Waals surface area contributed by atoms with E-state index in [-0.39, 0.29) is 0 Å². The molecule has 5 heteroatoms. The fourth-order valence-electron chi connectivity index (χ4n) is 1.66. The second-order valence-corrected chi connectivity index (χ2v) is 4.77. The lowest BCUT2D eigenvalue weighted by Crippen LogP contribution is -2.07.